The first-order valence-electron chi connectivity index (χ1n) is 6.30. The number of rotatable bonds is 4. The normalized spacial score (nSPS) is 12.2. The molecule has 94 valence electrons. The minimum Gasteiger partial charge on any atom is -0.388 e. The number of nitrogens with two attached hydrogens (primary N) is 1. The molecule has 1 atom stereocenters. The Morgan fingerprint density at radius 3 is 1.89 bits per heavy atom. The van der Waals surface area contributed by atoms with Crippen LogP contribution in [0, 0.1) is 0 Å². The summed E-state index contributed by atoms with van der Waals surface area (Å²) < 4.78 is 0. The van der Waals surface area contributed by atoms with Crippen molar-refractivity contribution in [2.45, 2.75) is 19.4 Å². The Balaban J connectivity index is 2.08. The third kappa shape index (κ3) is 3.11. The van der Waals surface area contributed by atoms with Gasteiger partial charge in [-0.25, -0.2) is 0 Å². The van der Waals surface area contributed by atoms with Crippen LogP contribution >= 0.6 is 0 Å². The first kappa shape index (κ1) is 12.7. The number of anilines is 1. The van der Waals surface area contributed by atoms with E-state index >= 15 is 0 Å². The molecule has 3 N–H and O–H groups in total. The Bertz CT molecular complexity index is 484. The Morgan fingerprint density at radius 1 is 0.944 bits per heavy atom. The van der Waals surface area contributed by atoms with Crippen LogP contribution in [0.25, 0.3) is 0 Å². The van der Waals surface area contributed by atoms with E-state index in [0.29, 0.717) is 0 Å². The van der Waals surface area contributed by atoms with Gasteiger partial charge in [-0.15, -0.1) is 0 Å². The van der Waals surface area contributed by atoms with Crippen molar-refractivity contribution in [3.63, 3.8) is 0 Å². The van der Waals surface area contributed by atoms with Crippen LogP contribution in [0.5, 0.6) is 0 Å². The van der Waals surface area contributed by atoms with Gasteiger partial charge in [-0.1, -0.05) is 36.4 Å². The van der Waals surface area contributed by atoms with Crippen molar-refractivity contribution in [3.05, 3.63) is 65.2 Å². The maximum absolute atomic E-state index is 5.84. The second kappa shape index (κ2) is 5.69. The molecule has 2 rings (SSSR count). The summed E-state index contributed by atoms with van der Waals surface area (Å²) in [5, 5.41) is 3.12. The maximum atomic E-state index is 5.84. The molecular formula is C16H20N2. The fourth-order valence-corrected chi connectivity index (χ4v) is 1.96. The lowest BCUT2D eigenvalue weighted by Crippen LogP contribution is -2.04. The van der Waals surface area contributed by atoms with Crippen LogP contribution in [0.4, 0.5) is 5.69 Å². The van der Waals surface area contributed by atoms with Gasteiger partial charge in [0.2, 0.25) is 0 Å². The molecule has 0 saturated heterocycles. The number of hydrogen-bond acceptors (Lipinski definition) is 2. The van der Waals surface area contributed by atoms with Gasteiger partial charge in [0, 0.05) is 18.8 Å². The van der Waals surface area contributed by atoms with Gasteiger partial charge in [0.15, 0.2) is 0 Å². The van der Waals surface area contributed by atoms with Crippen molar-refractivity contribution in [3.8, 4) is 0 Å². The van der Waals surface area contributed by atoms with Crippen LogP contribution in [0.3, 0.4) is 0 Å². The lowest BCUT2D eigenvalue weighted by atomic mass is 10.0. The van der Waals surface area contributed by atoms with E-state index in [0.717, 1.165) is 12.1 Å². The molecule has 0 aliphatic heterocycles. The molecule has 0 bridgehead atoms. The fraction of sp³-hybridized carbons (Fsp3) is 0.250. The highest BCUT2D eigenvalue weighted by molar-refractivity contribution is 5.44. The minimum atomic E-state index is 0.106. The largest absolute Gasteiger partial charge is 0.388 e. The molecule has 2 aromatic carbocycles. The van der Waals surface area contributed by atoms with Gasteiger partial charge in [0.25, 0.3) is 0 Å². The molecule has 2 aromatic rings. The molecule has 0 radical (unpaired) electrons. The summed E-state index contributed by atoms with van der Waals surface area (Å²) in [6.07, 6.45) is 0.962. The Hall–Kier alpha value is -1.80. The second-order valence-electron chi connectivity index (χ2n) is 4.65. The molecule has 0 saturated carbocycles. The van der Waals surface area contributed by atoms with E-state index in [-0.39, 0.29) is 6.04 Å². The molecule has 0 aromatic heterocycles. The van der Waals surface area contributed by atoms with Crippen molar-refractivity contribution in [1.82, 2.24) is 0 Å². The van der Waals surface area contributed by atoms with E-state index in [1.165, 1.54) is 16.7 Å². The zero-order chi connectivity index (χ0) is 13.0. The lowest BCUT2D eigenvalue weighted by Gasteiger charge is -2.07. The van der Waals surface area contributed by atoms with Gasteiger partial charge < -0.3 is 11.1 Å². The van der Waals surface area contributed by atoms with E-state index in [1.807, 2.05) is 14.0 Å². The molecule has 0 fully saturated rings. The van der Waals surface area contributed by atoms with E-state index in [1.54, 1.807) is 0 Å². The predicted octanol–water partition coefficient (Wildman–Crippen LogP) is 3.34. The fourth-order valence-electron chi connectivity index (χ4n) is 1.96. The van der Waals surface area contributed by atoms with E-state index in [4.69, 9.17) is 5.73 Å². The van der Waals surface area contributed by atoms with Crippen LogP contribution in [-0.2, 0) is 6.42 Å². The highest BCUT2D eigenvalue weighted by atomic mass is 14.8. The van der Waals surface area contributed by atoms with Crippen molar-refractivity contribution in [2.75, 3.05) is 12.4 Å². The topological polar surface area (TPSA) is 38.0 Å². The third-order valence-electron chi connectivity index (χ3n) is 3.16. The van der Waals surface area contributed by atoms with Gasteiger partial charge in [-0.3, -0.25) is 0 Å². The average Bonchev–Trinajstić information content (AvgIpc) is 2.40. The maximum Gasteiger partial charge on any atom is 0.0337 e. The first-order valence-corrected chi connectivity index (χ1v) is 6.30. The minimum absolute atomic E-state index is 0.106. The number of benzene rings is 2. The summed E-state index contributed by atoms with van der Waals surface area (Å²) in [5.74, 6) is 0. The third-order valence-corrected chi connectivity index (χ3v) is 3.16. The van der Waals surface area contributed by atoms with Gasteiger partial charge in [-0.05, 0) is 42.2 Å². The predicted molar refractivity (Wildman–Crippen MR) is 77.8 cm³/mol. The SMILES string of the molecule is CNc1ccc(Cc2ccc([C@@H](C)N)cc2)cc1. The highest BCUT2D eigenvalue weighted by Gasteiger charge is 2.00. The Morgan fingerprint density at radius 2 is 1.44 bits per heavy atom. The van der Waals surface area contributed by atoms with Crippen molar-refractivity contribution in [1.29, 1.82) is 0 Å². The summed E-state index contributed by atoms with van der Waals surface area (Å²) in [6.45, 7) is 2.01. The van der Waals surface area contributed by atoms with Crippen molar-refractivity contribution in [2.24, 2.45) is 5.73 Å². The van der Waals surface area contributed by atoms with Gasteiger partial charge in [-0.2, -0.15) is 0 Å². The van der Waals surface area contributed by atoms with Crippen LogP contribution in [0.15, 0.2) is 48.5 Å². The first-order chi connectivity index (χ1) is 8.69. The summed E-state index contributed by atoms with van der Waals surface area (Å²) in [4.78, 5) is 0. The van der Waals surface area contributed by atoms with Crippen LogP contribution in [0.1, 0.15) is 29.7 Å². The Kier molecular flexibility index (Phi) is 4.00. The summed E-state index contributed by atoms with van der Waals surface area (Å²) >= 11 is 0. The second-order valence-corrected chi connectivity index (χ2v) is 4.65. The monoisotopic (exact) mass is 240 g/mol. The highest BCUT2D eigenvalue weighted by Crippen LogP contribution is 2.15. The summed E-state index contributed by atoms with van der Waals surface area (Å²) in [5.41, 5.74) is 10.8. The van der Waals surface area contributed by atoms with Crippen LogP contribution < -0.4 is 11.1 Å². The average molecular weight is 240 g/mol. The summed E-state index contributed by atoms with van der Waals surface area (Å²) in [6, 6.07) is 17.2. The molecule has 0 unspecified atom stereocenters. The molecule has 0 amide bonds. The van der Waals surface area contributed by atoms with Crippen molar-refractivity contribution >= 4 is 5.69 Å². The molecule has 0 aliphatic carbocycles. The van der Waals surface area contributed by atoms with Gasteiger partial charge in [0.05, 0.1) is 0 Å². The van der Waals surface area contributed by atoms with Gasteiger partial charge >= 0.3 is 0 Å². The quantitative estimate of drug-likeness (QED) is 0.860. The number of hydrogen-bond donors (Lipinski definition) is 2. The van der Waals surface area contributed by atoms with Crippen molar-refractivity contribution < 1.29 is 0 Å². The molecule has 2 heteroatoms. The summed E-state index contributed by atoms with van der Waals surface area (Å²) in [7, 11) is 1.93. The van der Waals surface area contributed by atoms with Crippen LogP contribution in [0.2, 0.25) is 0 Å². The molecule has 0 spiro atoms. The smallest absolute Gasteiger partial charge is 0.0337 e. The standard InChI is InChI=1S/C16H20N2/c1-12(17)15-7-3-13(4-8-15)11-14-5-9-16(18-2)10-6-14/h3-10,12,18H,11,17H2,1-2H3/t12-/m1/s1. The molecule has 0 heterocycles. The molecular weight excluding hydrogens is 220 g/mol. The Labute approximate surface area is 109 Å². The zero-order valence-corrected chi connectivity index (χ0v) is 11.0. The van der Waals surface area contributed by atoms with E-state index < -0.39 is 0 Å². The molecule has 18 heavy (non-hydrogen) atoms. The molecule has 2 nitrogen and oxygen atoms in total. The van der Waals surface area contributed by atoms with Crippen LogP contribution in [-0.4, -0.2) is 7.05 Å². The number of nitrogens with one attached hydrogen (secondary N) is 1. The van der Waals surface area contributed by atoms with E-state index in [2.05, 4.69) is 53.8 Å². The zero-order valence-electron chi connectivity index (χ0n) is 11.0. The lowest BCUT2D eigenvalue weighted by molar-refractivity contribution is 0.817. The van der Waals surface area contributed by atoms with E-state index in [9.17, 15) is 0 Å². The molecule has 0 aliphatic rings. The van der Waals surface area contributed by atoms with Gasteiger partial charge in [0.1, 0.15) is 0 Å².